The zero-order valence-corrected chi connectivity index (χ0v) is 16.3. The second-order valence-electron chi connectivity index (χ2n) is 7.00. The molecular weight excluding hydrogens is 312 g/mol. The van der Waals surface area contributed by atoms with Crippen LogP contribution in [0, 0.1) is 33.6 Å². The van der Waals surface area contributed by atoms with Crippen molar-refractivity contribution in [1.82, 2.24) is 5.32 Å². The highest BCUT2D eigenvalue weighted by Crippen LogP contribution is 2.26. The largest absolute Gasteiger partial charge is 0.355 e. The van der Waals surface area contributed by atoms with Crippen molar-refractivity contribution in [3.8, 4) is 0 Å². The summed E-state index contributed by atoms with van der Waals surface area (Å²) in [5.74, 6) is 0.435. The molecular formula is C21H28N2S. The fraction of sp³-hybridized carbons (Fsp3) is 0.381. The summed E-state index contributed by atoms with van der Waals surface area (Å²) in [4.78, 5) is 0. The van der Waals surface area contributed by atoms with Crippen molar-refractivity contribution in [3.63, 3.8) is 0 Å². The molecule has 128 valence electrons. The van der Waals surface area contributed by atoms with Gasteiger partial charge in [0.15, 0.2) is 5.11 Å². The van der Waals surface area contributed by atoms with Crippen molar-refractivity contribution in [3.05, 3.63) is 64.2 Å². The fourth-order valence-corrected chi connectivity index (χ4v) is 3.19. The molecule has 2 aromatic rings. The van der Waals surface area contributed by atoms with E-state index in [-0.39, 0.29) is 6.04 Å². The molecule has 0 bridgehead atoms. The van der Waals surface area contributed by atoms with Gasteiger partial charge in [-0.05, 0) is 74.2 Å². The lowest BCUT2D eigenvalue weighted by Crippen LogP contribution is -2.35. The highest BCUT2D eigenvalue weighted by molar-refractivity contribution is 7.80. The first-order valence-corrected chi connectivity index (χ1v) is 8.90. The summed E-state index contributed by atoms with van der Waals surface area (Å²) in [6, 6.07) is 13.2. The molecule has 0 amide bonds. The normalized spacial score (nSPS) is 12.1. The minimum absolute atomic E-state index is 0.190. The monoisotopic (exact) mass is 340 g/mol. The fourth-order valence-electron chi connectivity index (χ4n) is 2.95. The summed E-state index contributed by atoms with van der Waals surface area (Å²) in [6.45, 7) is 12.9. The van der Waals surface area contributed by atoms with Crippen LogP contribution in [0.4, 0.5) is 5.69 Å². The van der Waals surface area contributed by atoms with E-state index in [1.165, 1.54) is 27.8 Å². The smallest absolute Gasteiger partial charge is 0.171 e. The standard InChI is InChI=1S/C21H28N2S/c1-13(2)20(18-10-8-14(3)11-17(18)6)23-21(24)22-19-12-15(4)7-9-16(19)5/h7-13,20H,1-6H3,(H2,22,23,24)/t20-/m1/s1. The molecule has 0 aromatic heterocycles. The second-order valence-corrected chi connectivity index (χ2v) is 7.41. The lowest BCUT2D eigenvalue weighted by molar-refractivity contribution is 0.471. The Kier molecular flexibility index (Phi) is 6.00. The Hall–Kier alpha value is -1.87. The van der Waals surface area contributed by atoms with Crippen LogP contribution in [-0.4, -0.2) is 5.11 Å². The van der Waals surface area contributed by atoms with Gasteiger partial charge in [-0.2, -0.15) is 0 Å². The predicted octanol–water partition coefficient (Wildman–Crippen LogP) is 5.60. The minimum Gasteiger partial charge on any atom is -0.355 e. The number of nitrogens with one attached hydrogen (secondary N) is 2. The molecule has 1 atom stereocenters. The van der Waals surface area contributed by atoms with Crippen molar-refractivity contribution in [2.45, 2.75) is 47.6 Å². The van der Waals surface area contributed by atoms with Crippen molar-refractivity contribution in [1.29, 1.82) is 0 Å². The third kappa shape index (κ3) is 4.57. The van der Waals surface area contributed by atoms with E-state index in [2.05, 4.69) is 88.6 Å². The minimum atomic E-state index is 0.190. The molecule has 3 heteroatoms. The predicted molar refractivity (Wildman–Crippen MR) is 109 cm³/mol. The lowest BCUT2D eigenvalue weighted by Gasteiger charge is -2.26. The van der Waals surface area contributed by atoms with E-state index in [0.29, 0.717) is 11.0 Å². The molecule has 0 saturated carbocycles. The van der Waals surface area contributed by atoms with E-state index in [4.69, 9.17) is 12.2 Å². The first kappa shape index (κ1) is 18.5. The maximum absolute atomic E-state index is 5.58. The maximum atomic E-state index is 5.58. The molecule has 2 aromatic carbocycles. The molecule has 2 N–H and O–H groups in total. The van der Waals surface area contributed by atoms with Crippen LogP contribution in [0.2, 0.25) is 0 Å². The van der Waals surface area contributed by atoms with Crippen LogP contribution in [0.25, 0.3) is 0 Å². The molecule has 2 nitrogen and oxygen atoms in total. The molecule has 0 aliphatic rings. The number of thiocarbonyl (C=S) groups is 1. The van der Waals surface area contributed by atoms with E-state index < -0.39 is 0 Å². The van der Waals surface area contributed by atoms with Crippen LogP contribution in [0.5, 0.6) is 0 Å². The first-order chi connectivity index (χ1) is 11.3. The van der Waals surface area contributed by atoms with Gasteiger partial charge in [0.25, 0.3) is 0 Å². The molecule has 0 heterocycles. The van der Waals surface area contributed by atoms with Crippen LogP contribution >= 0.6 is 12.2 Å². The molecule has 0 aliphatic carbocycles. The molecule has 0 saturated heterocycles. The van der Waals surface area contributed by atoms with Gasteiger partial charge in [0.1, 0.15) is 0 Å². The van der Waals surface area contributed by atoms with E-state index >= 15 is 0 Å². The Labute approximate surface area is 151 Å². The van der Waals surface area contributed by atoms with E-state index in [1.807, 2.05) is 0 Å². The van der Waals surface area contributed by atoms with Gasteiger partial charge in [-0.25, -0.2) is 0 Å². The number of benzene rings is 2. The molecule has 24 heavy (non-hydrogen) atoms. The topological polar surface area (TPSA) is 24.1 Å². The highest BCUT2D eigenvalue weighted by Gasteiger charge is 2.19. The number of anilines is 1. The van der Waals surface area contributed by atoms with Gasteiger partial charge in [-0.1, -0.05) is 49.7 Å². The van der Waals surface area contributed by atoms with Crippen molar-refractivity contribution in [2.24, 2.45) is 5.92 Å². The summed E-state index contributed by atoms with van der Waals surface area (Å²) in [5, 5.41) is 7.53. The van der Waals surface area contributed by atoms with E-state index in [9.17, 15) is 0 Å². The van der Waals surface area contributed by atoms with Crippen molar-refractivity contribution >= 4 is 23.0 Å². The molecule has 0 spiro atoms. The number of aryl methyl sites for hydroxylation is 4. The van der Waals surface area contributed by atoms with Gasteiger partial charge in [-0.3, -0.25) is 0 Å². The van der Waals surface area contributed by atoms with E-state index in [1.54, 1.807) is 0 Å². The van der Waals surface area contributed by atoms with Gasteiger partial charge >= 0.3 is 0 Å². The SMILES string of the molecule is Cc1ccc([C@H](NC(=S)Nc2cc(C)ccc2C)C(C)C)c(C)c1. The van der Waals surface area contributed by atoms with Gasteiger partial charge in [0.2, 0.25) is 0 Å². The summed E-state index contributed by atoms with van der Waals surface area (Å²) in [5.41, 5.74) is 7.37. The summed E-state index contributed by atoms with van der Waals surface area (Å²) >= 11 is 5.58. The average molecular weight is 341 g/mol. The van der Waals surface area contributed by atoms with Gasteiger partial charge in [0.05, 0.1) is 6.04 Å². The number of hydrogen-bond donors (Lipinski definition) is 2. The van der Waals surface area contributed by atoms with Crippen molar-refractivity contribution < 1.29 is 0 Å². The van der Waals surface area contributed by atoms with E-state index in [0.717, 1.165) is 5.69 Å². The number of hydrogen-bond acceptors (Lipinski definition) is 1. The third-order valence-corrected chi connectivity index (χ3v) is 4.57. The Balaban J connectivity index is 2.18. The quantitative estimate of drug-likeness (QED) is 0.708. The van der Waals surface area contributed by atoms with Crippen LogP contribution < -0.4 is 10.6 Å². The number of rotatable bonds is 4. The Morgan fingerprint density at radius 2 is 1.50 bits per heavy atom. The molecule has 2 rings (SSSR count). The molecule has 0 unspecified atom stereocenters. The first-order valence-electron chi connectivity index (χ1n) is 8.50. The van der Waals surface area contributed by atoms with Crippen LogP contribution in [0.1, 0.15) is 47.7 Å². The van der Waals surface area contributed by atoms with Crippen LogP contribution in [-0.2, 0) is 0 Å². The second kappa shape index (κ2) is 7.80. The molecule has 0 aliphatic heterocycles. The zero-order valence-electron chi connectivity index (χ0n) is 15.5. The van der Waals surface area contributed by atoms with Gasteiger partial charge in [0, 0.05) is 5.69 Å². The zero-order chi connectivity index (χ0) is 17.9. The summed E-state index contributed by atoms with van der Waals surface area (Å²) in [6.07, 6.45) is 0. The highest BCUT2D eigenvalue weighted by atomic mass is 32.1. The average Bonchev–Trinajstić information content (AvgIpc) is 2.49. The maximum Gasteiger partial charge on any atom is 0.171 e. The third-order valence-electron chi connectivity index (χ3n) is 4.35. The Morgan fingerprint density at radius 3 is 2.12 bits per heavy atom. The Morgan fingerprint density at radius 1 is 0.875 bits per heavy atom. The van der Waals surface area contributed by atoms with Crippen LogP contribution in [0.15, 0.2) is 36.4 Å². The van der Waals surface area contributed by atoms with Crippen molar-refractivity contribution in [2.75, 3.05) is 5.32 Å². The summed E-state index contributed by atoms with van der Waals surface area (Å²) in [7, 11) is 0. The lowest BCUT2D eigenvalue weighted by atomic mass is 9.92. The van der Waals surface area contributed by atoms with Crippen LogP contribution in [0.3, 0.4) is 0 Å². The Bertz CT molecular complexity index is 735. The molecule has 0 fully saturated rings. The molecule has 0 radical (unpaired) electrons. The summed E-state index contributed by atoms with van der Waals surface area (Å²) < 4.78 is 0. The van der Waals surface area contributed by atoms with Gasteiger partial charge < -0.3 is 10.6 Å². The van der Waals surface area contributed by atoms with Gasteiger partial charge in [-0.15, -0.1) is 0 Å².